The molecule has 0 saturated heterocycles. The zero-order valence-electron chi connectivity index (χ0n) is 24.1. The van der Waals surface area contributed by atoms with Gasteiger partial charge >= 0.3 is 11.9 Å². The molecule has 220 valence electrons. The fourth-order valence-corrected chi connectivity index (χ4v) is 5.35. The summed E-state index contributed by atoms with van der Waals surface area (Å²) in [5.74, 6) is -2.08. The number of aliphatic hydroxyl groups is 1. The van der Waals surface area contributed by atoms with Crippen LogP contribution in [0.15, 0.2) is 66.4 Å². The van der Waals surface area contributed by atoms with Gasteiger partial charge in [-0.25, -0.2) is 9.59 Å². The van der Waals surface area contributed by atoms with Crippen LogP contribution in [0.1, 0.15) is 79.5 Å². The van der Waals surface area contributed by atoms with Crippen LogP contribution in [0.25, 0.3) is 21.8 Å². The molecule has 0 unspecified atom stereocenters. The molecule has 2 aromatic carbocycles. The van der Waals surface area contributed by atoms with E-state index in [1.165, 1.54) is 13.0 Å². The molecule has 0 spiro atoms. The number of carbonyl (C=O) groups excluding carboxylic acids is 4. The van der Waals surface area contributed by atoms with Crippen molar-refractivity contribution in [1.82, 2.24) is 4.57 Å². The summed E-state index contributed by atoms with van der Waals surface area (Å²) in [6.45, 7) is 11.0. The quantitative estimate of drug-likeness (QED) is 0.0548. The molecule has 1 heterocycles. The van der Waals surface area contributed by atoms with Crippen LogP contribution in [-0.4, -0.2) is 51.1 Å². The fourth-order valence-electron chi connectivity index (χ4n) is 5.35. The summed E-state index contributed by atoms with van der Waals surface area (Å²) >= 11 is 0. The number of hydrogen-bond acceptors (Lipinski definition) is 8. The number of ketones is 2. The van der Waals surface area contributed by atoms with Crippen LogP contribution in [0.4, 0.5) is 0 Å². The molecule has 1 aliphatic carbocycles. The number of aryl methyl sites for hydroxylation is 1. The number of hydrogen-bond donors (Lipinski definition) is 1. The van der Waals surface area contributed by atoms with Gasteiger partial charge in [0.1, 0.15) is 11.3 Å². The number of nitrogens with zero attached hydrogens (tertiary/aromatic N) is 2. The molecule has 0 bridgehead atoms. The Morgan fingerprint density at radius 1 is 1.02 bits per heavy atom. The molecule has 1 aliphatic rings. The smallest absolute Gasteiger partial charge is 0.338 e. The van der Waals surface area contributed by atoms with Gasteiger partial charge in [0.2, 0.25) is 5.78 Å². The van der Waals surface area contributed by atoms with Gasteiger partial charge in [0, 0.05) is 51.5 Å². The maximum Gasteiger partial charge on any atom is 0.338 e. The van der Waals surface area contributed by atoms with Gasteiger partial charge in [-0.15, -0.1) is 6.58 Å². The minimum atomic E-state index is -1.36. The number of aromatic nitrogens is 1. The lowest BCUT2D eigenvalue weighted by Crippen LogP contribution is -2.40. The minimum Gasteiger partial charge on any atom is -0.462 e. The Hall–Kier alpha value is -4.37. The number of fused-ring (bicyclic) bond motifs is 3. The Bertz CT molecular complexity index is 1610. The summed E-state index contributed by atoms with van der Waals surface area (Å²) < 4.78 is 7.22. The van der Waals surface area contributed by atoms with Crippen molar-refractivity contribution in [2.75, 3.05) is 6.61 Å². The van der Waals surface area contributed by atoms with Gasteiger partial charge in [-0.1, -0.05) is 37.1 Å². The van der Waals surface area contributed by atoms with Crippen molar-refractivity contribution >= 4 is 51.0 Å². The average Bonchev–Trinajstić information content (AvgIpc) is 3.30. The second kappa shape index (κ2) is 13.1. The van der Waals surface area contributed by atoms with Crippen molar-refractivity contribution in [2.24, 2.45) is 5.16 Å². The highest BCUT2D eigenvalue weighted by molar-refractivity contribution is 6.46. The van der Waals surface area contributed by atoms with E-state index in [2.05, 4.69) is 22.9 Å². The van der Waals surface area contributed by atoms with Crippen LogP contribution < -0.4 is 0 Å². The largest absolute Gasteiger partial charge is 0.462 e. The van der Waals surface area contributed by atoms with Crippen molar-refractivity contribution in [3.63, 3.8) is 0 Å². The van der Waals surface area contributed by atoms with Gasteiger partial charge in [-0.3, -0.25) is 9.59 Å². The van der Waals surface area contributed by atoms with E-state index in [0.717, 1.165) is 41.1 Å². The highest BCUT2D eigenvalue weighted by Gasteiger charge is 2.37. The number of carbonyl (C=O) groups is 4. The van der Waals surface area contributed by atoms with Gasteiger partial charge < -0.3 is 19.2 Å². The van der Waals surface area contributed by atoms with E-state index in [-0.39, 0.29) is 42.1 Å². The summed E-state index contributed by atoms with van der Waals surface area (Å²) in [6.07, 6.45) is 4.69. The standard InChI is InChI=1S/C33H36N2O7/c1-5-10-29(36)42-34-26(15-18-41-32(39)21(3)4)30(37)22-11-13-27-24(19-22)25-20-23(12-14-28(25)35(27)6-2)31(38)33(40)16-8-7-9-17-33/h5,11-14,19-20,40H,1,3,6-10,15-18H2,2,4H3/b34-26+. The van der Waals surface area contributed by atoms with Crippen LogP contribution in [-0.2, 0) is 25.7 Å². The van der Waals surface area contributed by atoms with E-state index < -0.39 is 23.3 Å². The molecule has 1 saturated carbocycles. The van der Waals surface area contributed by atoms with Crippen LogP contribution in [0.3, 0.4) is 0 Å². The topological polar surface area (TPSA) is 124 Å². The Kier molecular flexibility index (Phi) is 9.52. The summed E-state index contributed by atoms with van der Waals surface area (Å²) in [4.78, 5) is 55.6. The Balaban J connectivity index is 1.72. The highest BCUT2D eigenvalue weighted by Crippen LogP contribution is 2.35. The number of rotatable bonds is 12. The first-order valence-corrected chi connectivity index (χ1v) is 14.2. The van der Waals surface area contributed by atoms with Gasteiger partial charge in [0.25, 0.3) is 0 Å². The lowest BCUT2D eigenvalue weighted by Gasteiger charge is -2.30. The lowest BCUT2D eigenvalue weighted by molar-refractivity contribution is -0.143. The summed E-state index contributed by atoms with van der Waals surface area (Å²) in [5.41, 5.74) is 1.22. The molecule has 3 aromatic rings. The first-order chi connectivity index (χ1) is 20.1. The van der Waals surface area contributed by atoms with Gasteiger partial charge in [0.15, 0.2) is 5.78 Å². The van der Waals surface area contributed by atoms with E-state index in [1.54, 1.807) is 24.3 Å². The van der Waals surface area contributed by atoms with Gasteiger partial charge in [-0.2, -0.15) is 0 Å². The minimum absolute atomic E-state index is 0.0890. The van der Waals surface area contributed by atoms with E-state index in [4.69, 9.17) is 9.57 Å². The first-order valence-electron chi connectivity index (χ1n) is 14.2. The van der Waals surface area contributed by atoms with E-state index in [1.807, 2.05) is 19.1 Å². The normalized spacial score (nSPS) is 14.9. The monoisotopic (exact) mass is 572 g/mol. The molecular formula is C33H36N2O7. The van der Waals surface area contributed by atoms with Crippen LogP contribution in [0.2, 0.25) is 0 Å². The number of oxime groups is 1. The molecule has 0 amide bonds. The zero-order chi connectivity index (χ0) is 30.4. The lowest BCUT2D eigenvalue weighted by atomic mass is 9.79. The summed E-state index contributed by atoms with van der Waals surface area (Å²) in [7, 11) is 0. The molecule has 0 radical (unpaired) electrons. The summed E-state index contributed by atoms with van der Waals surface area (Å²) in [5, 5.41) is 16.4. The van der Waals surface area contributed by atoms with E-state index in [0.29, 0.717) is 24.9 Å². The maximum atomic E-state index is 13.6. The zero-order valence-corrected chi connectivity index (χ0v) is 24.1. The molecule has 0 aliphatic heterocycles. The Morgan fingerprint density at radius 3 is 2.24 bits per heavy atom. The molecule has 9 nitrogen and oxygen atoms in total. The predicted molar refractivity (Wildman–Crippen MR) is 161 cm³/mol. The number of esters is 1. The van der Waals surface area contributed by atoms with Crippen molar-refractivity contribution in [2.45, 2.75) is 70.9 Å². The van der Waals surface area contributed by atoms with Gasteiger partial charge in [-0.05, 0) is 63.1 Å². The molecule has 4 rings (SSSR count). The second-order valence-corrected chi connectivity index (χ2v) is 10.6. The molecule has 1 aromatic heterocycles. The summed E-state index contributed by atoms with van der Waals surface area (Å²) in [6, 6.07) is 10.6. The third-order valence-corrected chi connectivity index (χ3v) is 7.56. The molecule has 1 fully saturated rings. The average molecular weight is 573 g/mol. The predicted octanol–water partition coefficient (Wildman–Crippen LogP) is 5.86. The van der Waals surface area contributed by atoms with Crippen LogP contribution >= 0.6 is 0 Å². The molecule has 0 atom stereocenters. The third kappa shape index (κ3) is 6.41. The first kappa shape index (κ1) is 30.6. The van der Waals surface area contributed by atoms with Crippen molar-refractivity contribution in [1.29, 1.82) is 0 Å². The fraction of sp³-hybridized carbons (Fsp3) is 0.364. The number of ether oxygens (including phenoxy) is 1. The Morgan fingerprint density at radius 2 is 1.64 bits per heavy atom. The molecule has 42 heavy (non-hydrogen) atoms. The van der Waals surface area contributed by atoms with Crippen molar-refractivity contribution in [3.05, 3.63) is 72.3 Å². The highest BCUT2D eigenvalue weighted by atomic mass is 16.7. The molecule has 9 heteroatoms. The second-order valence-electron chi connectivity index (χ2n) is 10.6. The van der Waals surface area contributed by atoms with Crippen molar-refractivity contribution in [3.8, 4) is 0 Å². The van der Waals surface area contributed by atoms with E-state index in [9.17, 15) is 24.3 Å². The number of benzene rings is 2. The van der Waals surface area contributed by atoms with E-state index >= 15 is 0 Å². The Labute approximate surface area is 244 Å². The third-order valence-electron chi connectivity index (χ3n) is 7.56. The van der Waals surface area contributed by atoms with Crippen LogP contribution in [0, 0.1) is 0 Å². The molecule has 1 N–H and O–H groups in total. The van der Waals surface area contributed by atoms with Crippen molar-refractivity contribution < 1.29 is 33.9 Å². The SMILES string of the molecule is C=CCC(=O)O/N=C(\CCOC(=O)C(=C)C)C(=O)c1ccc2c(c1)c1cc(C(=O)C3(O)CCCCC3)ccc1n2CC. The molecular weight excluding hydrogens is 536 g/mol. The number of Topliss-reactive ketones (excluding diaryl/α,β-unsaturated/α-hetero) is 2. The maximum absolute atomic E-state index is 13.6. The van der Waals surface area contributed by atoms with Gasteiger partial charge in [0.05, 0.1) is 13.0 Å². The van der Waals surface area contributed by atoms with Crippen LogP contribution in [0.5, 0.6) is 0 Å².